The Kier molecular flexibility index (Phi) is 5.39. The molecule has 118 valence electrons. The van der Waals surface area contributed by atoms with Crippen molar-refractivity contribution in [1.29, 1.82) is 0 Å². The Morgan fingerprint density at radius 3 is 2.29 bits per heavy atom. The summed E-state index contributed by atoms with van der Waals surface area (Å²) in [6, 6.07) is 0. The minimum atomic E-state index is 0.0827. The molecule has 0 radical (unpaired) electrons. The van der Waals surface area contributed by atoms with E-state index in [2.05, 4.69) is 41.4 Å². The van der Waals surface area contributed by atoms with Crippen LogP contribution >= 0.6 is 0 Å². The van der Waals surface area contributed by atoms with Crippen LogP contribution in [0.2, 0.25) is 0 Å². The maximum absolute atomic E-state index is 9.43. The van der Waals surface area contributed by atoms with Crippen molar-refractivity contribution in [1.82, 2.24) is 9.97 Å². The first-order chi connectivity index (χ1) is 10.1. The number of aliphatic hydroxyl groups is 1. The van der Waals surface area contributed by atoms with Crippen LogP contribution < -0.4 is 10.6 Å². The fourth-order valence-electron chi connectivity index (χ4n) is 2.32. The Morgan fingerprint density at radius 1 is 1.10 bits per heavy atom. The molecule has 5 nitrogen and oxygen atoms in total. The van der Waals surface area contributed by atoms with Crippen LogP contribution in [0.15, 0.2) is 0 Å². The van der Waals surface area contributed by atoms with Crippen molar-refractivity contribution in [2.75, 3.05) is 30.3 Å². The molecule has 1 aromatic rings. The van der Waals surface area contributed by atoms with E-state index in [1.165, 1.54) is 0 Å². The Labute approximate surface area is 127 Å². The summed E-state index contributed by atoms with van der Waals surface area (Å²) >= 11 is 0. The van der Waals surface area contributed by atoms with Crippen LogP contribution in [0, 0.1) is 12.3 Å². The van der Waals surface area contributed by atoms with Crippen LogP contribution in [0.5, 0.6) is 0 Å². The smallest absolute Gasteiger partial charge is 0.134 e. The van der Waals surface area contributed by atoms with E-state index in [9.17, 15) is 5.11 Å². The molecule has 1 heterocycles. The molecule has 1 aromatic heterocycles. The third-order valence-electron chi connectivity index (χ3n) is 4.13. The third-order valence-corrected chi connectivity index (χ3v) is 4.13. The van der Waals surface area contributed by atoms with E-state index >= 15 is 0 Å². The van der Waals surface area contributed by atoms with E-state index in [1.807, 2.05) is 0 Å². The molecule has 3 N–H and O–H groups in total. The lowest BCUT2D eigenvalue weighted by Gasteiger charge is -2.17. The van der Waals surface area contributed by atoms with Gasteiger partial charge >= 0.3 is 0 Å². The molecule has 0 aromatic carbocycles. The van der Waals surface area contributed by atoms with Gasteiger partial charge in [0, 0.05) is 30.5 Å². The van der Waals surface area contributed by atoms with E-state index in [0.29, 0.717) is 0 Å². The van der Waals surface area contributed by atoms with Gasteiger partial charge in [-0.05, 0) is 32.6 Å². The summed E-state index contributed by atoms with van der Waals surface area (Å²) in [5.74, 6) is 2.73. The maximum atomic E-state index is 9.43. The molecule has 1 aliphatic rings. The first-order valence-corrected chi connectivity index (χ1v) is 8.10. The number of aryl methyl sites for hydroxylation is 1. The molecule has 0 spiro atoms. The van der Waals surface area contributed by atoms with Gasteiger partial charge in [-0.15, -0.1) is 0 Å². The highest BCUT2D eigenvalue weighted by atomic mass is 16.3. The van der Waals surface area contributed by atoms with Crippen molar-refractivity contribution < 1.29 is 5.11 Å². The molecule has 0 saturated heterocycles. The fraction of sp³-hybridized carbons (Fsp3) is 0.750. The highest BCUT2D eigenvalue weighted by Gasteiger charge is 2.41. The van der Waals surface area contributed by atoms with Gasteiger partial charge in [-0.1, -0.05) is 13.8 Å². The van der Waals surface area contributed by atoms with Crippen molar-refractivity contribution in [3.8, 4) is 0 Å². The normalized spacial score (nSPS) is 15.8. The Bertz CT molecular complexity index is 472. The van der Waals surface area contributed by atoms with E-state index in [1.54, 1.807) is 0 Å². The highest BCUT2D eigenvalue weighted by Crippen LogP contribution is 2.45. The number of aromatic nitrogens is 2. The molecule has 0 bridgehead atoms. The van der Waals surface area contributed by atoms with Gasteiger partial charge in [-0.2, -0.15) is 0 Å². The van der Waals surface area contributed by atoms with Crippen LogP contribution in [0.1, 0.15) is 50.9 Å². The second-order valence-electron chi connectivity index (χ2n) is 6.15. The Hall–Kier alpha value is -1.36. The summed E-state index contributed by atoms with van der Waals surface area (Å²) < 4.78 is 0. The van der Waals surface area contributed by atoms with Crippen molar-refractivity contribution >= 4 is 11.6 Å². The van der Waals surface area contributed by atoms with Gasteiger partial charge in [0.15, 0.2) is 0 Å². The maximum Gasteiger partial charge on any atom is 0.134 e. The predicted octanol–water partition coefficient (Wildman–Crippen LogP) is 2.74. The van der Waals surface area contributed by atoms with Crippen molar-refractivity contribution in [2.24, 2.45) is 5.41 Å². The van der Waals surface area contributed by atoms with Gasteiger partial charge in [0.1, 0.15) is 17.5 Å². The standard InChI is InChI=1S/C16H28N4O/c1-4-6-13-19-14(17-9-5-2)12(3)15(20-13)18-10-16(11-21)7-8-16/h21H,4-11H2,1-3H3,(H2,17,18,19,20). The number of rotatable bonds is 9. The zero-order valence-corrected chi connectivity index (χ0v) is 13.5. The molecule has 2 rings (SSSR count). The molecule has 0 atom stereocenters. The van der Waals surface area contributed by atoms with E-state index < -0.39 is 0 Å². The number of hydrogen-bond acceptors (Lipinski definition) is 5. The highest BCUT2D eigenvalue weighted by molar-refractivity contribution is 5.57. The molecule has 0 aliphatic heterocycles. The third kappa shape index (κ3) is 4.06. The summed E-state index contributed by atoms with van der Waals surface area (Å²) in [5, 5.41) is 16.2. The SMILES string of the molecule is CCCNc1nc(CCC)nc(NCC2(CO)CC2)c1C. The van der Waals surface area contributed by atoms with Gasteiger partial charge in [0.2, 0.25) is 0 Å². The van der Waals surface area contributed by atoms with Crippen LogP contribution in [0.4, 0.5) is 11.6 Å². The summed E-state index contributed by atoms with van der Waals surface area (Å²) in [4.78, 5) is 9.28. The van der Waals surface area contributed by atoms with Crippen molar-refractivity contribution in [3.63, 3.8) is 0 Å². The molecule has 0 unspecified atom stereocenters. The fourth-order valence-corrected chi connectivity index (χ4v) is 2.32. The van der Waals surface area contributed by atoms with Crippen LogP contribution in [0.3, 0.4) is 0 Å². The van der Waals surface area contributed by atoms with Gasteiger partial charge < -0.3 is 15.7 Å². The van der Waals surface area contributed by atoms with Gasteiger partial charge in [0.05, 0.1) is 6.61 Å². The van der Waals surface area contributed by atoms with E-state index in [0.717, 1.165) is 68.2 Å². The molecule has 21 heavy (non-hydrogen) atoms. The average Bonchev–Trinajstić information content (AvgIpc) is 3.27. The first kappa shape index (κ1) is 16.0. The molecular weight excluding hydrogens is 264 g/mol. The topological polar surface area (TPSA) is 70.1 Å². The molecular formula is C16H28N4O. The molecule has 1 fully saturated rings. The monoisotopic (exact) mass is 292 g/mol. The quantitative estimate of drug-likeness (QED) is 0.653. The zero-order valence-electron chi connectivity index (χ0n) is 13.5. The zero-order chi connectivity index (χ0) is 15.3. The number of aliphatic hydroxyl groups excluding tert-OH is 1. The van der Waals surface area contributed by atoms with E-state index in [-0.39, 0.29) is 12.0 Å². The summed E-state index contributed by atoms with van der Waals surface area (Å²) in [7, 11) is 0. The molecule has 0 amide bonds. The van der Waals surface area contributed by atoms with Gasteiger partial charge in [0.25, 0.3) is 0 Å². The Balaban J connectivity index is 2.14. The summed E-state index contributed by atoms with van der Waals surface area (Å²) in [5.41, 5.74) is 1.15. The summed E-state index contributed by atoms with van der Waals surface area (Å²) in [6.45, 7) is 8.30. The Morgan fingerprint density at radius 2 is 1.76 bits per heavy atom. The molecule has 1 saturated carbocycles. The summed E-state index contributed by atoms with van der Waals surface area (Å²) in [6.07, 6.45) is 5.20. The van der Waals surface area contributed by atoms with Crippen LogP contribution in [-0.2, 0) is 6.42 Å². The molecule has 1 aliphatic carbocycles. The lowest BCUT2D eigenvalue weighted by Crippen LogP contribution is -2.21. The van der Waals surface area contributed by atoms with Gasteiger partial charge in [-0.25, -0.2) is 9.97 Å². The lowest BCUT2D eigenvalue weighted by molar-refractivity contribution is 0.219. The predicted molar refractivity (Wildman–Crippen MR) is 86.8 cm³/mol. The number of nitrogens with one attached hydrogen (secondary N) is 2. The van der Waals surface area contributed by atoms with E-state index in [4.69, 9.17) is 0 Å². The largest absolute Gasteiger partial charge is 0.396 e. The van der Waals surface area contributed by atoms with Gasteiger partial charge in [-0.3, -0.25) is 0 Å². The molecule has 5 heteroatoms. The second kappa shape index (κ2) is 7.07. The first-order valence-electron chi connectivity index (χ1n) is 8.10. The number of nitrogens with zero attached hydrogens (tertiary/aromatic N) is 2. The second-order valence-corrected chi connectivity index (χ2v) is 6.15. The lowest BCUT2D eigenvalue weighted by atomic mass is 10.1. The minimum absolute atomic E-state index is 0.0827. The minimum Gasteiger partial charge on any atom is -0.396 e. The number of hydrogen-bond donors (Lipinski definition) is 3. The van der Waals surface area contributed by atoms with Crippen LogP contribution in [-0.4, -0.2) is 34.8 Å². The van der Waals surface area contributed by atoms with Crippen LogP contribution in [0.25, 0.3) is 0 Å². The average molecular weight is 292 g/mol. The number of anilines is 2. The van der Waals surface area contributed by atoms with Crippen molar-refractivity contribution in [3.05, 3.63) is 11.4 Å². The van der Waals surface area contributed by atoms with Crippen molar-refractivity contribution in [2.45, 2.75) is 52.9 Å².